The quantitative estimate of drug-likeness (QED) is 0.882. The lowest BCUT2D eigenvalue weighted by molar-refractivity contribution is 0.965. The van der Waals surface area contributed by atoms with E-state index in [4.69, 9.17) is 11.6 Å². The van der Waals surface area contributed by atoms with Crippen molar-refractivity contribution in [2.45, 2.75) is 19.9 Å². The summed E-state index contributed by atoms with van der Waals surface area (Å²) in [6.45, 7) is 4.03. The molecule has 96 valence electrons. The van der Waals surface area contributed by atoms with Gasteiger partial charge in [-0.2, -0.15) is 5.26 Å². The van der Waals surface area contributed by atoms with Crippen molar-refractivity contribution in [1.82, 2.24) is 0 Å². The van der Waals surface area contributed by atoms with Gasteiger partial charge in [0, 0.05) is 0 Å². The fourth-order valence-electron chi connectivity index (χ4n) is 2.19. The van der Waals surface area contributed by atoms with Crippen molar-refractivity contribution in [3.63, 3.8) is 0 Å². The van der Waals surface area contributed by atoms with Crippen molar-refractivity contribution in [2.75, 3.05) is 5.32 Å². The fourth-order valence-corrected chi connectivity index (χ4v) is 2.38. The lowest BCUT2D eigenvalue weighted by Gasteiger charge is -2.18. The van der Waals surface area contributed by atoms with Gasteiger partial charge in [0.15, 0.2) is 0 Å². The Morgan fingerprint density at radius 3 is 2.26 bits per heavy atom. The normalized spacial score (nSPS) is 11.7. The van der Waals surface area contributed by atoms with Crippen LogP contribution in [0.3, 0.4) is 0 Å². The number of nitriles is 1. The predicted octanol–water partition coefficient (Wildman–Crippen LogP) is 4.63. The minimum Gasteiger partial charge on any atom is -0.365 e. The third kappa shape index (κ3) is 2.89. The van der Waals surface area contributed by atoms with Crippen LogP contribution in [0.15, 0.2) is 42.5 Å². The van der Waals surface area contributed by atoms with Gasteiger partial charge in [0.2, 0.25) is 0 Å². The molecule has 1 N–H and O–H groups in total. The number of para-hydroxylation sites is 1. The van der Waals surface area contributed by atoms with Gasteiger partial charge in [0.25, 0.3) is 0 Å². The van der Waals surface area contributed by atoms with E-state index in [9.17, 15) is 5.26 Å². The number of anilines is 1. The molecule has 0 aliphatic carbocycles. The molecular formula is C16H15ClN2. The molecule has 0 aliphatic rings. The number of benzene rings is 2. The molecule has 0 bridgehead atoms. The van der Waals surface area contributed by atoms with E-state index in [0.717, 1.165) is 22.4 Å². The fraction of sp³-hybridized carbons (Fsp3) is 0.188. The maximum absolute atomic E-state index is 9.42. The number of halogens is 1. The SMILES string of the molecule is Cc1cccc(C)c1C(C#N)Nc1ccccc1Cl. The second kappa shape index (κ2) is 5.77. The molecule has 3 heteroatoms. The van der Waals surface area contributed by atoms with E-state index in [1.54, 1.807) is 0 Å². The standard InChI is InChI=1S/C16H15ClN2/c1-11-6-5-7-12(2)16(11)15(10-18)19-14-9-4-3-8-13(14)17/h3-9,15,19H,1-2H3. The molecule has 2 aromatic carbocycles. The van der Waals surface area contributed by atoms with E-state index in [1.807, 2.05) is 56.3 Å². The second-order valence-electron chi connectivity index (χ2n) is 4.49. The van der Waals surface area contributed by atoms with Gasteiger partial charge in [-0.15, -0.1) is 0 Å². The molecule has 0 saturated heterocycles. The van der Waals surface area contributed by atoms with Crippen LogP contribution in [0, 0.1) is 25.2 Å². The third-order valence-corrected chi connectivity index (χ3v) is 3.46. The number of hydrogen-bond donors (Lipinski definition) is 1. The Hall–Kier alpha value is -1.98. The Balaban J connectivity index is 2.37. The molecule has 0 spiro atoms. The summed E-state index contributed by atoms with van der Waals surface area (Å²) < 4.78 is 0. The van der Waals surface area contributed by atoms with Crippen LogP contribution in [-0.2, 0) is 0 Å². The summed E-state index contributed by atoms with van der Waals surface area (Å²) in [6.07, 6.45) is 0. The molecule has 1 unspecified atom stereocenters. The molecule has 0 amide bonds. The summed E-state index contributed by atoms with van der Waals surface area (Å²) in [6, 6.07) is 15.4. The molecule has 0 fully saturated rings. The van der Waals surface area contributed by atoms with Crippen molar-refractivity contribution in [2.24, 2.45) is 0 Å². The zero-order valence-electron chi connectivity index (χ0n) is 10.9. The Kier molecular flexibility index (Phi) is 4.09. The van der Waals surface area contributed by atoms with Crippen LogP contribution in [-0.4, -0.2) is 0 Å². The molecule has 2 rings (SSSR count). The van der Waals surface area contributed by atoms with Gasteiger partial charge in [0.05, 0.1) is 16.8 Å². The number of nitrogens with one attached hydrogen (secondary N) is 1. The summed E-state index contributed by atoms with van der Waals surface area (Å²) in [4.78, 5) is 0. The van der Waals surface area contributed by atoms with E-state index in [1.165, 1.54) is 0 Å². The predicted molar refractivity (Wildman–Crippen MR) is 79.3 cm³/mol. The Labute approximate surface area is 118 Å². The van der Waals surface area contributed by atoms with Gasteiger partial charge in [-0.25, -0.2) is 0 Å². The number of nitrogens with zero attached hydrogens (tertiary/aromatic N) is 1. The topological polar surface area (TPSA) is 35.8 Å². The zero-order chi connectivity index (χ0) is 13.8. The van der Waals surface area contributed by atoms with Crippen LogP contribution in [0.1, 0.15) is 22.7 Å². The third-order valence-electron chi connectivity index (χ3n) is 3.13. The van der Waals surface area contributed by atoms with Crippen molar-refractivity contribution in [3.05, 3.63) is 64.2 Å². The maximum Gasteiger partial charge on any atom is 0.140 e. The van der Waals surface area contributed by atoms with Crippen LogP contribution in [0.4, 0.5) is 5.69 Å². The highest BCUT2D eigenvalue weighted by molar-refractivity contribution is 6.33. The molecule has 2 aromatic rings. The van der Waals surface area contributed by atoms with Crippen LogP contribution < -0.4 is 5.32 Å². The molecule has 0 aromatic heterocycles. The molecule has 0 radical (unpaired) electrons. The molecule has 0 aliphatic heterocycles. The maximum atomic E-state index is 9.42. The van der Waals surface area contributed by atoms with Crippen molar-refractivity contribution >= 4 is 17.3 Å². The summed E-state index contributed by atoms with van der Waals surface area (Å²) in [7, 11) is 0. The van der Waals surface area contributed by atoms with Crippen LogP contribution in [0.2, 0.25) is 5.02 Å². The molecule has 0 saturated carbocycles. The average molecular weight is 271 g/mol. The number of aryl methyl sites for hydroxylation is 2. The van der Waals surface area contributed by atoms with E-state index in [2.05, 4.69) is 11.4 Å². The highest BCUT2D eigenvalue weighted by Crippen LogP contribution is 2.28. The minimum atomic E-state index is -0.402. The first-order valence-electron chi connectivity index (χ1n) is 6.10. The van der Waals surface area contributed by atoms with E-state index >= 15 is 0 Å². The van der Waals surface area contributed by atoms with Crippen LogP contribution in [0.5, 0.6) is 0 Å². The van der Waals surface area contributed by atoms with Crippen molar-refractivity contribution < 1.29 is 0 Å². The second-order valence-corrected chi connectivity index (χ2v) is 4.90. The molecular weight excluding hydrogens is 256 g/mol. The van der Waals surface area contributed by atoms with E-state index in [0.29, 0.717) is 5.02 Å². The first kappa shape index (κ1) is 13.5. The Bertz CT molecular complexity index is 609. The van der Waals surface area contributed by atoms with Gasteiger partial charge in [-0.1, -0.05) is 41.9 Å². The van der Waals surface area contributed by atoms with E-state index in [-0.39, 0.29) is 0 Å². The van der Waals surface area contributed by atoms with Crippen LogP contribution in [0.25, 0.3) is 0 Å². The summed E-state index contributed by atoms with van der Waals surface area (Å²) in [5.41, 5.74) is 4.00. The smallest absolute Gasteiger partial charge is 0.140 e. The molecule has 19 heavy (non-hydrogen) atoms. The highest BCUT2D eigenvalue weighted by atomic mass is 35.5. The first-order chi connectivity index (χ1) is 9.13. The highest BCUT2D eigenvalue weighted by Gasteiger charge is 2.16. The van der Waals surface area contributed by atoms with Gasteiger partial charge in [0.1, 0.15) is 6.04 Å². The van der Waals surface area contributed by atoms with Gasteiger partial charge < -0.3 is 5.32 Å². The molecule has 0 heterocycles. The van der Waals surface area contributed by atoms with Gasteiger partial charge in [-0.05, 0) is 42.7 Å². The zero-order valence-corrected chi connectivity index (χ0v) is 11.7. The van der Waals surface area contributed by atoms with Gasteiger partial charge >= 0.3 is 0 Å². The lowest BCUT2D eigenvalue weighted by atomic mass is 9.96. The lowest BCUT2D eigenvalue weighted by Crippen LogP contribution is -2.11. The van der Waals surface area contributed by atoms with Crippen LogP contribution >= 0.6 is 11.6 Å². The van der Waals surface area contributed by atoms with E-state index < -0.39 is 6.04 Å². The van der Waals surface area contributed by atoms with Gasteiger partial charge in [-0.3, -0.25) is 0 Å². The van der Waals surface area contributed by atoms with Crippen molar-refractivity contribution in [1.29, 1.82) is 5.26 Å². The summed E-state index contributed by atoms with van der Waals surface area (Å²) in [5.74, 6) is 0. The van der Waals surface area contributed by atoms with Crippen molar-refractivity contribution in [3.8, 4) is 6.07 Å². The largest absolute Gasteiger partial charge is 0.365 e. The number of hydrogen-bond acceptors (Lipinski definition) is 2. The minimum absolute atomic E-state index is 0.402. The Morgan fingerprint density at radius 2 is 1.68 bits per heavy atom. The monoisotopic (exact) mass is 270 g/mol. The molecule has 2 nitrogen and oxygen atoms in total. The summed E-state index contributed by atoms with van der Waals surface area (Å²) in [5, 5.41) is 13.2. The molecule has 1 atom stereocenters. The average Bonchev–Trinajstić information content (AvgIpc) is 2.39. The Morgan fingerprint density at radius 1 is 1.05 bits per heavy atom. The number of rotatable bonds is 3. The first-order valence-corrected chi connectivity index (χ1v) is 6.48. The summed E-state index contributed by atoms with van der Waals surface area (Å²) >= 11 is 6.12.